The van der Waals surface area contributed by atoms with Crippen molar-refractivity contribution in [1.29, 1.82) is 0 Å². The average Bonchev–Trinajstić information content (AvgIpc) is 3.11. The Morgan fingerprint density at radius 2 is 1.92 bits per heavy atom. The van der Waals surface area contributed by atoms with E-state index in [1.165, 1.54) is 19.3 Å². The van der Waals surface area contributed by atoms with Gasteiger partial charge in [0.05, 0.1) is 6.04 Å². The first kappa shape index (κ1) is 17.4. The van der Waals surface area contributed by atoms with E-state index in [4.69, 9.17) is 4.42 Å². The Morgan fingerprint density at radius 3 is 2.54 bits per heavy atom. The molecule has 1 saturated carbocycles. The minimum atomic E-state index is 0.146. The molecule has 1 aliphatic heterocycles. The van der Waals surface area contributed by atoms with E-state index in [0.29, 0.717) is 17.8 Å². The summed E-state index contributed by atoms with van der Waals surface area (Å²) >= 11 is 0. The lowest BCUT2D eigenvalue weighted by Crippen LogP contribution is -2.47. The molecule has 1 amide bonds. The predicted molar refractivity (Wildman–Crippen MR) is 91.4 cm³/mol. The Labute approximate surface area is 144 Å². The number of carbonyl (C=O) groups excluding carboxylic acids is 1. The first-order valence-corrected chi connectivity index (χ1v) is 9.54. The molecule has 1 N–H and O–H groups in total. The van der Waals surface area contributed by atoms with Crippen LogP contribution in [-0.2, 0) is 11.2 Å². The van der Waals surface area contributed by atoms with Crippen LogP contribution >= 0.6 is 0 Å². The molecule has 0 radical (unpaired) electrons. The van der Waals surface area contributed by atoms with Gasteiger partial charge >= 0.3 is 0 Å². The highest BCUT2D eigenvalue weighted by atomic mass is 16.4. The predicted octanol–water partition coefficient (Wildman–Crippen LogP) is 2.85. The largest absolute Gasteiger partial charge is 0.424 e. The lowest BCUT2D eigenvalue weighted by atomic mass is 9.88. The molecule has 2 fully saturated rings. The molecule has 1 aliphatic carbocycles. The average molecular weight is 334 g/mol. The van der Waals surface area contributed by atoms with E-state index >= 15 is 0 Å². The molecule has 1 aromatic heterocycles. The highest BCUT2D eigenvalue weighted by Gasteiger charge is 2.29. The van der Waals surface area contributed by atoms with Crippen LogP contribution in [0.1, 0.15) is 76.6 Å². The van der Waals surface area contributed by atoms with E-state index in [9.17, 15) is 4.79 Å². The third-order valence-corrected chi connectivity index (χ3v) is 5.54. The quantitative estimate of drug-likeness (QED) is 0.896. The van der Waals surface area contributed by atoms with Crippen LogP contribution in [0.5, 0.6) is 0 Å². The topological polar surface area (TPSA) is 71.3 Å². The zero-order chi connectivity index (χ0) is 16.9. The summed E-state index contributed by atoms with van der Waals surface area (Å²) in [5.41, 5.74) is 0. The molecule has 1 saturated heterocycles. The van der Waals surface area contributed by atoms with Crippen molar-refractivity contribution in [3.05, 3.63) is 11.8 Å². The van der Waals surface area contributed by atoms with Crippen molar-refractivity contribution >= 4 is 5.91 Å². The summed E-state index contributed by atoms with van der Waals surface area (Å²) in [4.78, 5) is 14.8. The minimum absolute atomic E-state index is 0.146. The van der Waals surface area contributed by atoms with E-state index in [1.807, 2.05) is 6.92 Å². The molecule has 3 rings (SSSR count). The monoisotopic (exact) mass is 334 g/mol. The maximum Gasteiger partial charge on any atom is 0.233 e. The Kier molecular flexibility index (Phi) is 5.87. The molecule has 2 heterocycles. The molecule has 24 heavy (non-hydrogen) atoms. The van der Waals surface area contributed by atoms with Gasteiger partial charge in [0.2, 0.25) is 17.7 Å². The summed E-state index contributed by atoms with van der Waals surface area (Å²) in [6, 6.07) is 0.463. The SMILES string of the molecule is CCc1nnc([C@@H](C)N2CCC(NC(=O)C3CCCCC3)CC2)o1. The van der Waals surface area contributed by atoms with Gasteiger partial charge in [-0.2, -0.15) is 0 Å². The number of hydrogen-bond acceptors (Lipinski definition) is 5. The molecule has 2 aliphatic rings. The van der Waals surface area contributed by atoms with E-state index < -0.39 is 0 Å². The number of rotatable bonds is 5. The molecule has 0 unspecified atom stereocenters. The van der Waals surface area contributed by atoms with Crippen LogP contribution in [0.2, 0.25) is 0 Å². The Morgan fingerprint density at radius 1 is 1.21 bits per heavy atom. The van der Waals surface area contributed by atoms with Gasteiger partial charge in [0.1, 0.15) is 0 Å². The second-order valence-electron chi connectivity index (χ2n) is 7.22. The second kappa shape index (κ2) is 8.10. The summed E-state index contributed by atoms with van der Waals surface area (Å²) in [5.74, 6) is 1.94. The molecule has 6 nitrogen and oxygen atoms in total. The summed E-state index contributed by atoms with van der Waals surface area (Å²) in [6.07, 6.45) is 8.60. The molecule has 0 aromatic carbocycles. The Bertz CT molecular complexity index is 531. The first-order valence-electron chi connectivity index (χ1n) is 9.54. The zero-order valence-corrected chi connectivity index (χ0v) is 15.0. The second-order valence-corrected chi connectivity index (χ2v) is 7.22. The number of aromatic nitrogens is 2. The lowest BCUT2D eigenvalue weighted by molar-refractivity contribution is -0.127. The number of likely N-dealkylation sites (tertiary alicyclic amines) is 1. The van der Waals surface area contributed by atoms with E-state index in [2.05, 4.69) is 27.3 Å². The first-order chi connectivity index (χ1) is 11.7. The van der Waals surface area contributed by atoms with Crippen molar-refractivity contribution < 1.29 is 9.21 Å². The molecule has 1 atom stereocenters. The van der Waals surface area contributed by atoms with Gasteiger partial charge in [0.15, 0.2) is 0 Å². The molecule has 6 heteroatoms. The summed E-state index contributed by atoms with van der Waals surface area (Å²) < 4.78 is 5.68. The van der Waals surface area contributed by atoms with Crippen LogP contribution in [0.3, 0.4) is 0 Å². The van der Waals surface area contributed by atoms with E-state index in [0.717, 1.165) is 45.2 Å². The van der Waals surface area contributed by atoms with Crippen molar-refractivity contribution in [2.24, 2.45) is 5.92 Å². The summed E-state index contributed by atoms with van der Waals surface area (Å²) in [6.45, 7) is 6.05. The van der Waals surface area contributed by atoms with Gasteiger partial charge in [0.25, 0.3) is 0 Å². The van der Waals surface area contributed by atoms with Crippen LogP contribution in [0, 0.1) is 5.92 Å². The minimum Gasteiger partial charge on any atom is -0.424 e. The number of nitrogens with one attached hydrogen (secondary N) is 1. The fourth-order valence-corrected chi connectivity index (χ4v) is 3.85. The van der Waals surface area contributed by atoms with Crippen molar-refractivity contribution in [3.8, 4) is 0 Å². The molecule has 1 aromatic rings. The standard InChI is InChI=1S/C18H30N4O2/c1-3-16-20-21-18(24-16)13(2)22-11-9-15(10-12-22)19-17(23)14-7-5-4-6-8-14/h13-15H,3-12H2,1-2H3,(H,19,23)/t13-/m1/s1. The third kappa shape index (κ3) is 4.15. The normalized spacial score (nSPS) is 22.4. The zero-order valence-electron chi connectivity index (χ0n) is 15.0. The van der Waals surface area contributed by atoms with Crippen molar-refractivity contribution in [2.75, 3.05) is 13.1 Å². The van der Waals surface area contributed by atoms with Gasteiger partial charge < -0.3 is 9.73 Å². The molecule has 0 bridgehead atoms. The number of aryl methyl sites for hydroxylation is 1. The van der Waals surface area contributed by atoms with Gasteiger partial charge in [0, 0.05) is 31.5 Å². The molecular formula is C18H30N4O2. The van der Waals surface area contributed by atoms with Crippen molar-refractivity contribution in [1.82, 2.24) is 20.4 Å². The molecule has 0 spiro atoms. The van der Waals surface area contributed by atoms with Crippen molar-refractivity contribution in [3.63, 3.8) is 0 Å². The van der Waals surface area contributed by atoms with Crippen LogP contribution in [-0.4, -0.2) is 40.1 Å². The lowest BCUT2D eigenvalue weighted by Gasteiger charge is -2.35. The number of hydrogen-bond donors (Lipinski definition) is 1. The maximum atomic E-state index is 12.4. The Hall–Kier alpha value is -1.43. The summed E-state index contributed by atoms with van der Waals surface area (Å²) in [5, 5.41) is 11.5. The van der Waals surface area contributed by atoms with Gasteiger partial charge in [-0.05, 0) is 32.6 Å². The fraction of sp³-hybridized carbons (Fsp3) is 0.833. The van der Waals surface area contributed by atoms with Gasteiger partial charge in [-0.15, -0.1) is 10.2 Å². The number of amides is 1. The maximum absolute atomic E-state index is 12.4. The third-order valence-electron chi connectivity index (χ3n) is 5.54. The molecular weight excluding hydrogens is 304 g/mol. The van der Waals surface area contributed by atoms with Crippen molar-refractivity contribution in [2.45, 2.75) is 77.3 Å². The van der Waals surface area contributed by atoms with Crippen LogP contribution in [0.4, 0.5) is 0 Å². The number of piperidine rings is 1. The highest BCUT2D eigenvalue weighted by molar-refractivity contribution is 5.79. The smallest absolute Gasteiger partial charge is 0.233 e. The summed E-state index contributed by atoms with van der Waals surface area (Å²) in [7, 11) is 0. The number of nitrogens with zero attached hydrogens (tertiary/aromatic N) is 3. The van der Waals surface area contributed by atoms with Gasteiger partial charge in [-0.25, -0.2) is 0 Å². The highest BCUT2D eigenvalue weighted by Crippen LogP contribution is 2.26. The van der Waals surface area contributed by atoms with Crippen LogP contribution < -0.4 is 5.32 Å². The van der Waals surface area contributed by atoms with Gasteiger partial charge in [-0.3, -0.25) is 9.69 Å². The van der Waals surface area contributed by atoms with Gasteiger partial charge in [-0.1, -0.05) is 26.2 Å². The van der Waals surface area contributed by atoms with Crippen LogP contribution in [0.25, 0.3) is 0 Å². The fourth-order valence-electron chi connectivity index (χ4n) is 3.85. The van der Waals surface area contributed by atoms with E-state index in [1.54, 1.807) is 0 Å². The number of carbonyl (C=O) groups is 1. The Balaban J connectivity index is 1.45. The van der Waals surface area contributed by atoms with E-state index in [-0.39, 0.29) is 17.9 Å². The molecule has 134 valence electrons. The van der Waals surface area contributed by atoms with Crippen LogP contribution in [0.15, 0.2) is 4.42 Å².